The summed E-state index contributed by atoms with van der Waals surface area (Å²) in [5, 5.41) is 5.86. The molecule has 1 aromatic rings. The second-order valence-corrected chi connectivity index (χ2v) is 6.96. The lowest BCUT2D eigenvalue weighted by Crippen LogP contribution is -2.49. The SMILES string of the molecule is CC(C)[C@H](NC1CCOCC1)C(=O)OCC(=O)Nc1ccc(F)cc1Cl. The minimum Gasteiger partial charge on any atom is -0.454 e. The van der Waals surface area contributed by atoms with E-state index >= 15 is 0 Å². The fourth-order valence-corrected chi connectivity index (χ4v) is 2.87. The smallest absolute Gasteiger partial charge is 0.323 e. The van der Waals surface area contributed by atoms with Crippen molar-refractivity contribution in [3.63, 3.8) is 0 Å². The first-order valence-electron chi connectivity index (χ1n) is 8.62. The first-order valence-corrected chi connectivity index (χ1v) is 9.00. The van der Waals surface area contributed by atoms with Gasteiger partial charge in [-0.2, -0.15) is 0 Å². The minimum absolute atomic E-state index is 0.0138. The zero-order valence-electron chi connectivity index (χ0n) is 14.9. The van der Waals surface area contributed by atoms with E-state index in [1.807, 2.05) is 13.8 Å². The quantitative estimate of drug-likeness (QED) is 0.705. The Morgan fingerprint density at radius 1 is 1.35 bits per heavy atom. The van der Waals surface area contributed by atoms with Gasteiger partial charge in [-0.15, -0.1) is 0 Å². The molecule has 0 bridgehead atoms. The van der Waals surface area contributed by atoms with Crippen LogP contribution in [-0.2, 0) is 19.1 Å². The van der Waals surface area contributed by atoms with Crippen LogP contribution in [0.5, 0.6) is 0 Å². The van der Waals surface area contributed by atoms with E-state index in [2.05, 4.69) is 10.6 Å². The minimum atomic E-state index is -0.541. The standard InChI is InChI=1S/C18H24ClFN2O4/c1-11(2)17(21-13-5-7-25-8-6-13)18(24)26-10-16(23)22-15-4-3-12(20)9-14(15)19/h3-4,9,11,13,17,21H,5-8,10H2,1-2H3,(H,22,23)/t17-/m0/s1. The van der Waals surface area contributed by atoms with Gasteiger partial charge in [-0.3, -0.25) is 9.59 Å². The lowest BCUT2D eigenvalue weighted by Gasteiger charge is -2.29. The predicted octanol–water partition coefficient (Wildman–Crippen LogP) is 2.75. The first-order chi connectivity index (χ1) is 12.4. The van der Waals surface area contributed by atoms with Crippen LogP contribution in [0.3, 0.4) is 0 Å². The van der Waals surface area contributed by atoms with Crippen LogP contribution >= 0.6 is 11.6 Å². The average molecular weight is 387 g/mol. The summed E-state index contributed by atoms with van der Waals surface area (Å²) in [5.74, 6) is -1.51. The second-order valence-electron chi connectivity index (χ2n) is 6.56. The molecule has 1 aliphatic rings. The number of carbonyl (C=O) groups excluding carboxylic acids is 2. The third kappa shape index (κ3) is 6.23. The fraction of sp³-hybridized carbons (Fsp3) is 0.556. The summed E-state index contributed by atoms with van der Waals surface area (Å²) in [7, 11) is 0. The summed E-state index contributed by atoms with van der Waals surface area (Å²) >= 11 is 5.85. The molecule has 1 aliphatic heterocycles. The summed E-state index contributed by atoms with van der Waals surface area (Å²) in [6.07, 6.45) is 1.67. The monoisotopic (exact) mass is 386 g/mol. The molecule has 144 valence electrons. The number of amides is 1. The number of anilines is 1. The van der Waals surface area contributed by atoms with Crippen molar-refractivity contribution in [2.75, 3.05) is 25.1 Å². The Bertz CT molecular complexity index is 636. The highest BCUT2D eigenvalue weighted by atomic mass is 35.5. The van der Waals surface area contributed by atoms with E-state index < -0.39 is 30.3 Å². The topological polar surface area (TPSA) is 76.7 Å². The highest BCUT2D eigenvalue weighted by Crippen LogP contribution is 2.22. The molecule has 1 heterocycles. The van der Waals surface area contributed by atoms with Gasteiger partial charge in [-0.1, -0.05) is 25.4 Å². The molecule has 26 heavy (non-hydrogen) atoms. The highest BCUT2D eigenvalue weighted by Gasteiger charge is 2.28. The van der Waals surface area contributed by atoms with Crippen LogP contribution in [0.2, 0.25) is 5.02 Å². The number of hydrogen-bond acceptors (Lipinski definition) is 5. The van der Waals surface area contributed by atoms with E-state index in [4.69, 9.17) is 21.1 Å². The molecule has 0 saturated carbocycles. The predicted molar refractivity (Wildman–Crippen MR) is 96.6 cm³/mol. The van der Waals surface area contributed by atoms with Gasteiger partial charge in [-0.25, -0.2) is 4.39 Å². The molecule has 1 atom stereocenters. The Kier molecular flexibility index (Phi) is 7.81. The van der Waals surface area contributed by atoms with Gasteiger partial charge in [0, 0.05) is 19.3 Å². The summed E-state index contributed by atoms with van der Waals surface area (Å²) in [5.41, 5.74) is 0.259. The normalized spacial score (nSPS) is 16.3. The largest absolute Gasteiger partial charge is 0.454 e. The summed E-state index contributed by atoms with van der Waals surface area (Å²) in [6, 6.07) is 3.31. The maximum Gasteiger partial charge on any atom is 0.323 e. The highest BCUT2D eigenvalue weighted by molar-refractivity contribution is 6.33. The van der Waals surface area contributed by atoms with Crippen LogP contribution in [0.15, 0.2) is 18.2 Å². The number of nitrogens with one attached hydrogen (secondary N) is 2. The maximum atomic E-state index is 13.0. The van der Waals surface area contributed by atoms with Crippen molar-refractivity contribution in [1.29, 1.82) is 0 Å². The first kappa shape index (κ1) is 20.6. The Balaban J connectivity index is 1.85. The Morgan fingerprint density at radius 3 is 2.65 bits per heavy atom. The van der Waals surface area contributed by atoms with Gasteiger partial charge in [0.2, 0.25) is 0 Å². The Labute approximate surface area is 157 Å². The molecule has 1 aromatic carbocycles. The molecule has 6 nitrogen and oxygen atoms in total. The van der Waals surface area contributed by atoms with E-state index in [-0.39, 0.29) is 22.7 Å². The Hall–Kier alpha value is -1.70. The van der Waals surface area contributed by atoms with Crippen molar-refractivity contribution in [3.05, 3.63) is 29.0 Å². The van der Waals surface area contributed by atoms with Crippen molar-refractivity contribution in [1.82, 2.24) is 5.32 Å². The summed E-state index contributed by atoms with van der Waals surface area (Å²) in [4.78, 5) is 24.3. The molecule has 0 radical (unpaired) electrons. The zero-order valence-corrected chi connectivity index (χ0v) is 15.6. The van der Waals surface area contributed by atoms with Crippen molar-refractivity contribution >= 4 is 29.2 Å². The summed E-state index contributed by atoms with van der Waals surface area (Å²) in [6.45, 7) is 4.72. The van der Waals surface area contributed by atoms with Crippen molar-refractivity contribution in [2.45, 2.75) is 38.8 Å². The number of esters is 1. The third-order valence-electron chi connectivity index (χ3n) is 4.11. The van der Waals surface area contributed by atoms with Crippen LogP contribution < -0.4 is 10.6 Å². The number of halogens is 2. The second kappa shape index (κ2) is 9.85. The van der Waals surface area contributed by atoms with Gasteiger partial charge in [0.1, 0.15) is 11.9 Å². The van der Waals surface area contributed by atoms with Crippen molar-refractivity contribution in [2.24, 2.45) is 5.92 Å². The number of hydrogen-bond donors (Lipinski definition) is 2. The third-order valence-corrected chi connectivity index (χ3v) is 4.42. The molecular formula is C18H24ClFN2O4. The van der Waals surface area contributed by atoms with Gasteiger partial charge < -0.3 is 20.1 Å². The van der Waals surface area contributed by atoms with Crippen LogP contribution in [0.4, 0.5) is 10.1 Å². The number of carbonyl (C=O) groups is 2. The molecule has 1 fully saturated rings. The zero-order chi connectivity index (χ0) is 19.1. The van der Waals surface area contributed by atoms with Crippen LogP contribution in [0.25, 0.3) is 0 Å². The van der Waals surface area contributed by atoms with Gasteiger partial charge >= 0.3 is 5.97 Å². The maximum absolute atomic E-state index is 13.0. The van der Waals surface area contributed by atoms with Crippen molar-refractivity contribution < 1.29 is 23.5 Å². The summed E-state index contributed by atoms with van der Waals surface area (Å²) < 4.78 is 23.5. The molecule has 2 N–H and O–H groups in total. The molecule has 1 amide bonds. The van der Waals surface area contributed by atoms with Gasteiger partial charge in [-0.05, 0) is 37.0 Å². The van der Waals surface area contributed by atoms with E-state index in [9.17, 15) is 14.0 Å². The van der Waals surface area contributed by atoms with E-state index in [0.29, 0.717) is 13.2 Å². The van der Waals surface area contributed by atoms with Gasteiger partial charge in [0.15, 0.2) is 6.61 Å². The molecular weight excluding hydrogens is 363 g/mol. The molecule has 0 aromatic heterocycles. The Morgan fingerprint density at radius 2 is 2.04 bits per heavy atom. The van der Waals surface area contributed by atoms with Crippen LogP contribution in [-0.4, -0.2) is 43.8 Å². The molecule has 2 rings (SSSR count). The van der Waals surface area contributed by atoms with Crippen LogP contribution in [0.1, 0.15) is 26.7 Å². The average Bonchev–Trinajstić information content (AvgIpc) is 2.60. The lowest BCUT2D eigenvalue weighted by atomic mass is 10.0. The van der Waals surface area contributed by atoms with Gasteiger partial charge in [0.25, 0.3) is 5.91 Å². The number of benzene rings is 1. The van der Waals surface area contributed by atoms with E-state index in [1.165, 1.54) is 12.1 Å². The fourth-order valence-electron chi connectivity index (χ4n) is 2.65. The van der Waals surface area contributed by atoms with Crippen molar-refractivity contribution in [3.8, 4) is 0 Å². The molecule has 0 aliphatic carbocycles. The van der Waals surface area contributed by atoms with E-state index in [1.54, 1.807) is 0 Å². The lowest BCUT2D eigenvalue weighted by molar-refractivity contribution is -0.151. The number of rotatable bonds is 7. The molecule has 0 unspecified atom stereocenters. The molecule has 1 saturated heterocycles. The van der Waals surface area contributed by atoms with Crippen LogP contribution in [0, 0.1) is 11.7 Å². The molecule has 8 heteroatoms. The number of ether oxygens (including phenoxy) is 2. The molecule has 0 spiro atoms. The van der Waals surface area contributed by atoms with E-state index in [0.717, 1.165) is 18.9 Å². The van der Waals surface area contributed by atoms with Gasteiger partial charge in [0.05, 0.1) is 10.7 Å².